The van der Waals surface area contributed by atoms with E-state index in [1.165, 1.54) is 6.07 Å². The molecule has 0 bridgehead atoms. The third kappa shape index (κ3) is 5.49. The molecule has 1 aromatic heterocycles. The number of thiocarbonyl (C=S) groups is 1. The number of anilines is 1. The minimum atomic E-state index is -4.39. The van der Waals surface area contributed by atoms with Gasteiger partial charge in [0.05, 0.1) is 17.9 Å². The predicted molar refractivity (Wildman–Crippen MR) is 101 cm³/mol. The first-order valence-corrected chi connectivity index (χ1v) is 8.87. The summed E-state index contributed by atoms with van der Waals surface area (Å²) in [6.07, 6.45) is -1.90. The first-order chi connectivity index (χ1) is 12.2. The first kappa shape index (κ1) is 20.3. The lowest BCUT2D eigenvalue weighted by Gasteiger charge is -2.31. The van der Waals surface area contributed by atoms with Crippen LogP contribution in [0.25, 0.3) is 0 Å². The second-order valence-electron chi connectivity index (χ2n) is 6.58. The molecule has 0 aliphatic carbocycles. The number of nitrogens with one attached hydrogen (secondary N) is 1. The van der Waals surface area contributed by atoms with Crippen LogP contribution in [0.1, 0.15) is 44.6 Å². The van der Waals surface area contributed by atoms with Crippen LogP contribution in [0.2, 0.25) is 0 Å². The summed E-state index contributed by atoms with van der Waals surface area (Å²) in [5, 5.41) is 3.31. The number of nitrogens with zero attached hydrogens (tertiary/aromatic N) is 1. The van der Waals surface area contributed by atoms with E-state index in [0.29, 0.717) is 23.3 Å². The fourth-order valence-electron chi connectivity index (χ4n) is 2.52. The fourth-order valence-corrected chi connectivity index (χ4v) is 2.89. The summed E-state index contributed by atoms with van der Waals surface area (Å²) >= 11 is 5.49. The molecule has 0 aliphatic rings. The van der Waals surface area contributed by atoms with Gasteiger partial charge < -0.3 is 14.6 Å². The topological polar surface area (TPSA) is 28.4 Å². The molecule has 0 amide bonds. The van der Waals surface area contributed by atoms with Gasteiger partial charge in [0.1, 0.15) is 5.76 Å². The van der Waals surface area contributed by atoms with E-state index in [-0.39, 0.29) is 6.04 Å². The van der Waals surface area contributed by atoms with Crippen molar-refractivity contribution in [3.05, 3.63) is 54.0 Å². The highest BCUT2D eigenvalue weighted by Gasteiger charge is 2.30. The molecule has 0 unspecified atom stereocenters. The maximum Gasteiger partial charge on any atom is 0.416 e. The maximum atomic E-state index is 12.9. The molecule has 0 fully saturated rings. The Labute approximate surface area is 157 Å². The lowest BCUT2D eigenvalue weighted by molar-refractivity contribution is -0.137. The molecule has 1 N–H and O–H groups in total. The zero-order valence-electron chi connectivity index (χ0n) is 15.0. The molecule has 0 saturated carbocycles. The third-order valence-corrected chi connectivity index (χ3v) is 4.41. The van der Waals surface area contributed by atoms with E-state index in [1.54, 1.807) is 18.4 Å². The Kier molecular flexibility index (Phi) is 6.69. The second-order valence-corrected chi connectivity index (χ2v) is 6.96. The highest BCUT2D eigenvalue weighted by molar-refractivity contribution is 7.80. The zero-order chi connectivity index (χ0) is 19.3. The number of benzene rings is 1. The smallest absolute Gasteiger partial charge is 0.416 e. The molecule has 142 valence electrons. The number of halogens is 3. The molecule has 1 atom stereocenters. The van der Waals surface area contributed by atoms with Gasteiger partial charge in [0.15, 0.2) is 5.11 Å². The van der Waals surface area contributed by atoms with Crippen molar-refractivity contribution in [1.82, 2.24) is 4.90 Å². The molecule has 2 aromatic rings. The fraction of sp³-hybridized carbons (Fsp3) is 0.421. The quantitative estimate of drug-likeness (QED) is 0.609. The van der Waals surface area contributed by atoms with E-state index in [2.05, 4.69) is 19.2 Å². The van der Waals surface area contributed by atoms with Gasteiger partial charge in [0.2, 0.25) is 0 Å². The summed E-state index contributed by atoms with van der Waals surface area (Å²) in [4.78, 5) is 1.94. The van der Waals surface area contributed by atoms with Gasteiger partial charge in [-0.2, -0.15) is 13.2 Å². The summed E-state index contributed by atoms with van der Waals surface area (Å²) in [5.74, 6) is 1.22. The van der Waals surface area contributed by atoms with E-state index < -0.39 is 11.7 Å². The molecule has 26 heavy (non-hydrogen) atoms. The van der Waals surface area contributed by atoms with Gasteiger partial charge in [0, 0.05) is 12.2 Å². The van der Waals surface area contributed by atoms with Gasteiger partial charge in [-0.1, -0.05) is 19.9 Å². The molecule has 0 radical (unpaired) electrons. The monoisotopic (exact) mass is 384 g/mol. The lowest BCUT2D eigenvalue weighted by atomic mass is 10.1. The van der Waals surface area contributed by atoms with Crippen molar-refractivity contribution < 1.29 is 17.6 Å². The molecular formula is C19H23F3N2OS. The van der Waals surface area contributed by atoms with Crippen molar-refractivity contribution >= 4 is 23.0 Å². The van der Waals surface area contributed by atoms with Crippen molar-refractivity contribution in [3.63, 3.8) is 0 Å². The number of hydrogen-bond donors (Lipinski definition) is 1. The Morgan fingerprint density at radius 3 is 2.50 bits per heavy atom. The molecule has 0 aliphatic heterocycles. The number of hydrogen-bond acceptors (Lipinski definition) is 2. The van der Waals surface area contributed by atoms with Crippen molar-refractivity contribution in [2.75, 3.05) is 11.9 Å². The van der Waals surface area contributed by atoms with Crippen molar-refractivity contribution in [1.29, 1.82) is 0 Å². The summed E-state index contributed by atoms with van der Waals surface area (Å²) in [7, 11) is 0. The molecule has 1 aromatic carbocycles. The SMILES string of the molecule is CC(C)CCN(C(=S)Nc1cccc(C(F)(F)F)c1)[C@@H](C)c1ccco1. The first-order valence-electron chi connectivity index (χ1n) is 8.46. The van der Waals surface area contributed by atoms with Crippen LogP contribution < -0.4 is 5.32 Å². The Bertz CT molecular complexity index is 714. The molecule has 3 nitrogen and oxygen atoms in total. The minimum Gasteiger partial charge on any atom is -0.467 e. The summed E-state index contributed by atoms with van der Waals surface area (Å²) < 4.78 is 44.2. The average molecular weight is 384 g/mol. The van der Waals surface area contributed by atoms with Crippen LogP contribution in [0, 0.1) is 5.92 Å². The summed E-state index contributed by atoms with van der Waals surface area (Å²) in [5.41, 5.74) is -0.399. The Hall–Kier alpha value is -2.02. The highest BCUT2D eigenvalue weighted by atomic mass is 32.1. The maximum absolute atomic E-state index is 12.9. The molecule has 0 spiro atoms. The van der Waals surface area contributed by atoms with Crippen LogP contribution in [0.15, 0.2) is 47.1 Å². The number of alkyl halides is 3. The third-order valence-electron chi connectivity index (χ3n) is 4.07. The van der Waals surface area contributed by atoms with E-state index in [1.807, 2.05) is 17.9 Å². The van der Waals surface area contributed by atoms with E-state index in [4.69, 9.17) is 16.6 Å². The van der Waals surface area contributed by atoms with Crippen molar-refractivity contribution in [2.24, 2.45) is 5.92 Å². The molecule has 2 rings (SSSR count). The van der Waals surface area contributed by atoms with Crippen LogP contribution in [0.4, 0.5) is 18.9 Å². The Morgan fingerprint density at radius 1 is 1.19 bits per heavy atom. The van der Waals surface area contributed by atoms with Crippen LogP contribution in [0.5, 0.6) is 0 Å². The van der Waals surface area contributed by atoms with Gasteiger partial charge in [0.25, 0.3) is 0 Å². The largest absolute Gasteiger partial charge is 0.467 e. The van der Waals surface area contributed by atoms with E-state index in [0.717, 1.165) is 24.3 Å². The van der Waals surface area contributed by atoms with E-state index >= 15 is 0 Å². The predicted octanol–water partition coefficient (Wildman–Crippen LogP) is 6.10. The minimum absolute atomic E-state index is 0.130. The van der Waals surface area contributed by atoms with Gasteiger partial charge >= 0.3 is 6.18 Å². The van der Waals surface area contributed by atoms with Gasteiger partial charge in [-0.25, -0.2) is 0 Å². The average Bonchev–Trinajstić information content (AvgIpc) is 3.08. The Morgan fingerprint density at radius 2 is 1.92 bits per heavy atom. The lowest BCUT2D eigenvalue weighted by Crippen LogP contribution is -2.38. The van der Waals surface area contributed by atoms with Crippen LogP contribution in [-0.2, 0) is 6.18 Å². The van der Waals surface area contributed by atoms with Crippen molar-refractivity contribution in [2.45, 2.75) is 39.4 Å². The summed E-state index contributed by atoms with van der Waals surface area (Å²) in [6, 6.07) is 8.56. The molecular weight excluding hydrogens is 361 g/mol. The second kappa shape index (κ2) is 8.58. The number of furan rings is 1. The summed E-state index contributed by atoms with van der Waals surface area (Å²) in [6.45, 7) is 6.85. The molecule has 7 heteroatoms. The van der Waals surface area contributed by atoms with Crippen LogP contribution in [0.3, 0.4) is 0 Å². The van der Waals surface area contributed by atoms with E-state index in [9.17, 15) is 13.2 Å². The van der Waals surface area contributed by atoms with Crippen LogP contribution >= 0.6 is 12.2 Å². The van der Waals surface area contributed by atoms with Crippen LogP contribution in [-0.4, -0.2) is 16.6 Å². The standard InChI is InChI=1S/C19H23F3N2OS/c1-13(2)9-10-24(14(3)17-8-5-11-25-17)18(26)23-16-7-4-6-15(12-16)19(20,21)22/h4-8,11-14H,9-10H2,1-3H3,(H,23,26)/t14-/m0/s1. The van der Waals surface area contributed by atoms with Gasteiger partial charge in [-0.15, -0.1) is 0 Å². The normalized spacial score (nSPS) is 12.9. The zero-order valence-corrected chi connectivity index (χ0v) is 15.8. The van der Waals surface area contributed by atoms with Gasteiger partial charge in [-0.3, -0.25) is 0 Å². The Balaban J connectivity index is 2.18. The molecule has 0 saturated heterocycles. The highest BCUT2D eigenvalue weighted by Crippen LogP contribution is 2.31. The molecule has 1 heterocycles. The van der Waals surface area contributed by atoms with Gasteiger partial charge in [-0.05, 0) is 61.8 Å². The van der Waals surface area contributed by atoms with Crippen molar-refractivity contribution in [3.8, 4) is 0 Å². The number of rotatable bonds is 6.